The van der Waals surface area contributed by atoms with Crippen molar-refractivity contribution in [1.82, 2.24) is 9.29 Å². The van der Waals surface area contributed by atoms with Gasteiger partial charge in [0.2, 0.25) is 15.8 Å². The number of nitriles is 1. The van der Waals surface area contributed by atoms with Crippen molar-refractivity contribution in [1.29, 1.82) is 5.26 Å². The predicted octanol–water partition coefficient (Wildman–Crippen LogP) is 2.81. The molecule has 0 bridgehead atoms. The number of Topliss-reactive ketones (excluding diaryl/α,β-unsaturated/α-hetero) is 1. The molecule has 8 nitrogen and oxygen atoms in total. The Labute approximate surface area is 190 Å². The lowest BCUT2D eigenvalue weighted by molar-refractivity contribution is -0.141. The largest absolute Gasteiger partial charge is 0.456 e. The minimum Gasteiger partial charge on any atom is -0.456 e. The smallest absolute Gasteiger partial charge is 0.321 e. The first kappa shape index (κ1) is 23.8. The van der Waals surface area contributed by atoms with Crippen molar-refractivity contribution in [2.75, 3.05) is 13.2 Å². The topological polar surface area (TPSA) is 118 Å². The molecule has 0 fully saturated rings. The summed E-state index contributed by atoms with van der Waals surface area (Å²) >= 11 is 0. The summed E-state index contributed by atoms with van der Waals surface area (Å²) in [6, 6.07) is 14.6. The highest BCUT2D eigenvalue weighted by atomic mass is 32.2. The van der Waals surface area contributed by atoms with Gasteiger partial charge < -0.3 is 9.30 Å². The maximum atomic E-state index is 13.6. The average molecular weight is 469 g/mol. The van der Waals surface area contributed by atoms with E-state index >= 15 is 0 Å². The van der Waals surface area contributed by atoms with Gasteiger partial charge >= 0.3 is 5.97 Å². The molecular formula is C23H20FN3O5S. The highest BCUT2D eigenvalue weighted by Crippen LogP contribution is 2.22. The van der Waals surface area contributed by atoms with Crippen molar-refractivity contribution in [2.45, 2.75) is 18.7 Å². The second-order valence-electron chi connectivity index (χ2n) is 7.14. The highest BCUT2D eigenvalue weighted by molar-refractivity contribution is 7.89. The molecular weight excluding hydrogens is 449 g/mol. The number of hydrogen-bond donors (Lipinski definition) is 1. The summed E-state index contributed by atoms with van der Waals surface area (Å²) in [5, 5.41) is 8.78. The SMILES string of the molecule is Cc1cc(C(=O)COC(=O)CNS(=O)(=O)c2ccc(C#N)cc2)c(C)n1-c1cccc(F)c1. The highest BCUT2D eigenvalue weighted by Gasteiger charge is 2.20. The number of halogens is 1. The maximum Gasteiger partial charge on any atom is 0.321 e. The number of ketones is 1. The first-order chi connectivity index (χ1) is 15.6. The number of hydrogen-bond acceptors (Lipinski definition) is 6. The Hall–Kier alpha value is -3.81. The van der Waals surface area contributed by atoms with Gasteiger partial charge in [-0.25, -0.2) is 12.8 Å². The quantitative estimate of drug-likeness (QED) is 0.400. The number of ether oxygens (including phenoxy) is 1. The molecule has 1 heterocycles. The fraction of sp³-hybridized carbons (Fsp3) is 0.174. The van der Waals surface area contributed by atoms with Crippen LogP contribution in [0.2, 0.25) is 0 Å². The minimum atomic E-state index is -3.99. The molecule has 1 N–H and O–H groups in total. The van der Waals surface area contributed by atoms with Gasteiger partial charge in [-0.05, 0) is 62.4 Å². The van der Waals surface area contributed by atoms with Crippen LogP contribution in [0.25, 0.3) is 5.69 Å². The van der Waals surface area contributed by atoms with E-state index in [2.05, 4.69) is 4.72 Å². The van der Waals surface area contributed by atoms with Crippen molar-refractivity contribution in [2.24, 2.45) is 0 Å². The number of carbonyl (C=O) groups excluding carboxylic acids is 2. The number of sulfonamides is 1. The Bertz CT molecular complexity index is 1360. The molecule has 33 heavy (non-hydrogen) atoms. The Balaban J connectivity index is 1.61. The van der Waals surface area contributed by atoms with Crippen LogP contribution in [-0.2, 0) is 19.6 Å². The molecule has 0 saturated heterocycles. The standard InChI is InChI=1S/C23H20FN3O5S/c1-15-10-21(16(2)27(15)19-5-3-4-18(24)11-19)22(28)14-32-23(29)13-26-33(30,31)20-8-6-17(12-25)7-9-20/h3-11,26H,13-14H2,1-2H3. The number of nitrogens with zero attached hydrogens (tertiary/aromatic N) is 2. The molecule has 2 aromatic carbocycles. The van der Waals surface area contributed by atoms with Crippen LogP contribution in [0.4, 0.5) is 4.39 Å². The third-order valence-corrected chi connectivity index (χ3v) is 6.28. The van der Waals surface area contributed by atoms with Crippen molar-refractivity contribution < 1.29 is 27.1 Å². The first-order valence-corrected chi connectivity index (χ1v) is 11.2. The number of aromatic nitrogens is 1. The number of aryl methyl sites for hydroxylation is 1. The second-order valence-corrected chi connectivity index (χ2v) is 8.91. The van der Waals surface area contributed by atoms with Crippen molar-refractivity contribution in [3.05, 3.63) is 82.9 Å². The minimum absolute atomic E-state index is 0.116. The van der Waals surface area contributed by atoms with E-state index in [9.17, 15) is 22.4 Å². The van der Waals surface area contributed by atoms with Crippen molar-refractivity contribution in [3.8, 4) is 11.8 Å². The van der Waals surface area contributed by atoms with E-state index < -0.39 is 40.7 Å². The van der Waals surface area contributed by atoms with E-state index in [4.69, 9.17) is 10.00 Å². The lowest BCUT2D eigenvalue weighted by Crippen LogP contribution is -2.31. The molecule has 170 valence electrons. The van der Waals surface area contributed by atoms with Crippen LogP contribution in [0.5, 0.6) is 0 Å². The summed E-state index contributed by atoms with van der Waals surface area (Å²) in [7, 11) is -3.99. The molecule has 3 aromatic rings. The van der Waals surface area contributed by atoms with Gasteiger partial charge in [0.1, 0.15) is 12.4 Å². The zero-order valence-electron chi connectivity index (χ0n) is 17.8. The van der Waals surface area contributed by atoms with Crippen LogP contribution in [0.15, 0.2) is 59.5 Å². The molecule has 0 aliphatic rings. The third-order valence-electron chi connectivity index (χ3n) is 4.86. The molecule has 0 spiro atoms. The Morgan fingerprint density at radius 2 is 1.82 bits per heavy atom. The molecule has 3 rings (SSSR count). The Kier molecular flexibility index (Phi) is 7.06. The van der Waals surface area contributed by atoms with Gasteiger partial charge in [-0.15, -0.1) is 0 Å². The van der Waals surface area contributed by atoms with Crippen LogP contribution in [0.3, 0.4) is 0 Å². The van der Waals surface area contributed by atoms with E-state index in [-0.39, 0.29) is 4.90 Å². The average Bonchev–Trinajstić information content (AvgIpc) is 3.10. The van der Waals surface area contributed by atoms with Gasteiger partial charge in [0.05, 0.1) is 16.5 Å². The molecule has 0 aliphatic carbocycles. The second kappa shape index (κ2) is 9.77. The Morgan fingerprint density at radius 3 is 2.45 bits per heavy atom. The maximum absolute atomic E-state index is 13.6. The molecule has 0 unspecified atom stereocenters. The van der Waals surface area contributed by atoms with Crippen LogP contribution in [0.1, 0.15) is 27.3 Å². The molecule has 1 aromatic heterocycles. The summed E-state index contributed by atoms with van der Waals surface area (Å²) < 4.78 is 46.8. The van der Waals surface area contributed by atoms with Gasteiger partial charge in [-0.3, -0.25) is 9.59 Å². The van der Waals surface area contributed by atoms with E-state index in [1.54, 1.807) is 36.6 Å². The fourth-order valence-corrected chi connectivity index (χ4v) is 4.25. The van der Waals surface area contributed by atoms with Gasteiger partial charge in [-0.1, -0.05) is 6.07 Å². The number of nitrogens with one attached hydrogen (secondary N) is 1. The summed E-state index contributed by atoms with van der Waals surface area (Å²) in [6.07, 6.45) is 0. The van der Waals surface area contributed by atoms with E-state index in [0.29, 0.717) is 28.2 Å². The van der Waals surface area contributed by atoms with E-state index in [1.165, 1.54) is 36.4 Å². The van der Waals surface area contributed by atoms with Crippen molar-refractivity contribution >= 4 is 21.8 Å². The van der Waals surface area contributed by atoms with Gasteiger partial charge in [-0.2, -0.15) is 9.98 Å². The van der Waals surface area contributed by atoms with Gasteiger partial charge in [0, 0.05) is 22.6 Å². The van der Waals surface area contributed by atoms with Crippen LogP contribution < -0.4 is 4.72 Å². The van der Waals surface area contributed by atoms with Crippen LogP contribution in [-0.4, -0.2) is 37.9 Å². The summed E-state index contributed by atoms with van der Waals surface area (Å²) in [5.41, 5.74) is 2.41. The third kappa shape index (κ3) is 5.52. The lowest BCUT2D eigenvalue weighted by Gasteiger charge is -2.10. The number of rotatable bonds is 8. The summed E-state index contributed by atoms with van der Waals surface area (Å²) in [4.78, 5) is 24.5. The molecule has 0 amide bonds. The zero-order chi connectivity index (χ0) is 24.2. The van der Waals surface area contributed by atoms with Crippen LogP contribution in [0, 0.1) is 31.0 Å². The van der Waals surface area contributed by atoms with Gasteiger partial charge in [0.25, 0.3) is 0 Å². The molecule has 0 aliphatic heterocycles. The van der Waals surface area contributed by atoms with E-state index in [0.717, 1.165) is 0 Å². The predicted molar refractivity (Wildman–Crippen MR) is 117 cm³/mol. The number of carbonyl (C=O) groups is 2. The normalized spacial score (nSPS) is 11.1. The lowest BCUT2D eigenvalue weighted by atomic mass is 10.1. The van der Waals surface area contributed by atoms with E-state index in [1.807, 2.05) is 6.07 Å². The molecule has 10 heteroatoms. The molecule has 0 saturated carbocycles. The molecule has 0 radical (unpaired) electrons. The monoisotopic (exact) mass is 469 g/mol. The summed E-state index contributed by atoms with van der Waals surface area (Å²) in [6.45, 7) is 2.21. The van der Waals surface area contributed by atoms with Gasteiger partial charge in [0.15, 0.2) is 6.61 Å². The fourth-order valence-electron chi connectivity index (χ4n) is 3.28. The number of esters is 1. The van der Waals surface area contributed by atoms with Crippen molar-refractivity contribution in [3.63, 3.8) is 0 Å². The summed E-state index contributed by atoms with van der Waals surface area (Å²) in [5.74, 6) is -1.82. The molecule has 0 atom stereocenters. The number of benzene rings is 2. The zero-order valence-corrected chi connectivity index (χ0v) is 18.6. The van der Waals surface area contributed by atoms with Crippen LogP contribution >= 0.6 is 0 Å². The Morgan fingerprint density at radius 1 is 1.12 bits per heavy atom. The first-order valence-electron chi connectivity index (χ1n) is 9.76.